The van der Waals surface area contributed by atoms with Gasteiger partial charge < -0.3 is 10.0 Å². The van der Waals surface area contributed by atoms with Crippen molar-refractivity contribution in [3.8, 4) is 6.07 Å². The molecule has 6 heteroatoms. The molecule has 1 N–H and O–H groups in total. The lowest BCUT2D eigenvalue weighted by atomic mass is 9.84. The highest BCUT2D eigenvalue weighted by molar-refractivity contribution is 9.10. The average molecular weight is 430 g/mol. The van der Waals surface area contributed by atoms with Crippen LogP contribution in [0.25, 0.3) is 0 Å². The van der Waals surface area contributed by atoms with Crippen molar-refractivity contribution in [2.45, 2.75) is 25.0 Å². The average Bonchev–Trinajstić information content (AvgIpc) is 2.68. The Balaban J connectivity index is 1.51. The van der Waals surface area contributed by atoms with Crippen LogP contribution in [0.4, 0.5) is 10.1 Å². The normalized spacial score (nSPS) is 23.0. The first kappa shape index (κ1) is 18.4. The van der Waals surface area contributed by atoms with Crippen LogP contribution >= 0.6 is 15.9 Å². The summed E-state index contributed by atoms with van der Waals surface area (Å²) in [5.74, 6) is -0.351. The summed E-state index contributed by atoms with van der Waals surface area (Å²) in [7, 11) is 0. The highest BCUT2D eigenvalue weighted by Gasteiger charge is 2.34. The Bertz CT molecular complexity index is 889. The molecule has 0 bridgehead atoms. The molecule has 1 fully saturated rings. The highest BCUT2D eigenvalue weighted by Crippen LogP contribution is 2.37. The Labute approximate surface area is 167 Å². The quantitative estimate of drug-likeness (QED) is 0.791. The lowest BCUT2D eigenvalue weighted by Crippen LogP contribution is -2.51. The first-order chi connectivity index (χ1) is 13.1. The summed E-state index contributed by atoms with van der Waals surface area (Å²) in [5, 5.41) is 19.6. The summed E-state index contributed by atoms with van der Waals surface area (Å²) in [6.45, 7) is 2.91. The predicted molar refractivity (Wildman–Crippen MR) is 106 cm³/mol. The fourth-order valence-electron chi connectivity index (χ4n) is 4.26. The predicted octanol–water partition coefficient (Wildman–Crippen LogP) is 3.63. The largest absolute Gasteiger partial charge is 0.391 e. The SMILES string of the molecule is N#Cc1ccc(N2CCN(C3c4ccc(Br)cc4CCC3O)CC2)c(F)c1. The summed E-state index contributed by atoms with van der Waals surface area (Å²) < 4.78 is 15.4. The van der Waals surface area contributed by atoms with E-state index in [0.29, 0.717) is 24.3 Å². The molecule has 4 nitrogen and oxygen atoms in total. The van der Waals surface area contributed by atoms with Gasteiger partial charge in [-0.15, -0.1) is 0 Å². The van der Waals surface area contributed by atoms with Crippen molar-refractivity contribution in [3.05, 3.63) is 63.4 Å². The number of aryl methyl sites for hydroxylation is 1. The van der Waals surface area contributed by atoms with Gasteiger partial charge in [0.15, 0.2) is 0 Å². The number of piperazine rings is 1. The van der Waals surface area contributed by atoms with Gasteiger partial charge in [-0.25, -0.2) is 4.39 Å². The van der Waals surface area contributed by atoms with E-state index in [4.69, 9.17) is 5.26 Å². The van der Waals surface area contributed by atoms with Crippen molar-refractivity contribution in [1.29, 1.82) is 5.26 Å². The van der Waals surface area contributed by atoms with Gasteiger partial charge in [-0.2, -0.15) is 5.26 Å². The van der Waals surface area contributed by atoms with Gasteiger partial charge in [-0.3, -0.25) is 4.90 Å². The van der Waals surface area contributed by atoms with E-state index >= 15 is 0 Å². The molecular weight excluding hydrogens is 409 g/mol. The van der Waals surface area contributed by atoms with E-state index in [0.717, 1.165) is 30.4 Å². The fraction of sp³-hybridized carbons (Fsp3) is 0.381. The van der Waals surface area contributed by atoms with Crippen molar-refractivity contribution in [2.24, 2.45) is 0 Å². The highest BCUT2D eigenvalue weighted by atomic mass is 79.9. The molecule has 1 saturated heterocycles. The second-order valence-electron chi connectivity index (χ2n) is 7.20. The van der Waals surface area contributed by atoms with Crippen molar-refractivity contribution < 1.29 is 9.50 Å². The third kappa shape index (κ3) is 3.60. The van der Waals surface area contributed by atoms with E-state index in [1.54, 1.807) is 12.1 Å². The van der Waals surface area contributed by atoms with Crippen molar-refractivity contribution in [1.82, 2.24) is 4.90 Å². The number of halogens is 2. The Morgan fingerprint density at radius 3 is 2.59 bits per heavy atom. The third-order valence-corrected chi connectivity index (χ3v) is 6.12. The number of aliphatic hydroxyl groups excluding tert-OH is 1. The molecule has 1 heterocycles. The zero-order valence-electron chi connectivity index (χ0n) is 14.9. The molecule has 0 aromatic heterocycles. The van der Waals surface area contributed by atoms with Crippen LogP contribution in [0, 0.1) is 17.1 Å². The van der Waals surface area contributed by atoms with E-state index in [2.05, 4.69) is 33.0 Å². The van der Waals surface area contributed by atoms with Gasteiger partial charge in [0.25, 0.3) is 0 Å². The van der Waals surface area contributed by atoms with E-state index in [-0.39, 0.29) is 18.0 Å². The van der Waals surface area contributed by atoms with Gasteiger partial charge in [-0.05, 0) is 54.3 Å². The van der Waals surface area contributed by atoms with Gasteiger partial charge in [0.2, 0.25) is 0 Å². The number of hydrogen-bond acceptors (Lipinski definition) is 4. The van der Waals surface area contributed by atoms with Crippen molar-refractivity contribution in [3.63, 3.8) is 0 Å². The number of aliphatic hydroxyl groups is 1. The molecule has 1 aliphatic heterocycles. The van der Waals surface area contributed by atoms with Gasteiger partial charge in [0.1, 0.15) is 5.82 Å². The molecule has 27 heavy (non-hydrogen) atoms. The molecule has 2 aromatic rings. The molecule has 2 aromatic carbocycles. The first-order valence-corrected chi connectivity index (χ1v) is 10.0. The Hall–Kier alpha value is -1.94. The molecule has 2 atom stereocenters. The van der Waals surface area contributed by atoms with Crippen LogP contribution in [0.5, 0.6) is 0 Å². The van der Waals surface area contributed by atoms with E-state index in [1.165, 1.54) is 17.2 Å². The molecule has 0 radical (unpaired) electrons. The van der Waals surface area contributed by atoms with E-state index < -0.39 is 0 Å². The van der Waals surface area contributed by atoms with Gasteiger partial charge >= 0.3 is 0 Å². The smallest absolute Gasteiger partial charge is 0.147 e. The Kier molecular flexibility index (Phi) is 5.18. The van der Waals surface area contributed by atoms with Crippen LogP contribution in [-0.2, 0) is 6.42 Å². The zero-order valence-corrected chi connectivity index (χ0v) is 16.5. The number of fused-ring (bicyclic) bond motifs is 1. The monoisotopic (exact) mass is 429 g/mol. The van der Waals surface area contributed by atoms with Crippen LogP contribution in [0.3, 0.4) is 0 Å². The number of hydrogen-bond donors (Lipinski definition) is 1. The summed E-state index contributed by atoms with van der Waals surface area (Å²) in [4.78, 5) is 4.33. The Morgan fingerprint density at radius 1 is 1.11 bits per heavy atom. The second-order valence-corrected chi connectivity index (χ2v) is 8.11. The third-order valence-electron chi connectivity index (χ3n) is 5.62. The lowest BCUT2D eigenvalue weighted by molar-refractivity contribution is 0.0325. The minimum absolute atomic E-state index is 0.00480. The summed E-state index contributed by atoms with van der Waals surface area (Å²) in [6, 6.07) is 12.9. The molecule has 2 unspecified atom stereocenters. The minimum Gasteiger partial charge on any atom is -0.391 e. The number of nitriles is 1. The standard InChI is InChI=1S/C21H21BrFN3O/c22-16-3-4-17-15(12-16)2-6-20(27)21(17)26-9-7-25(8-10-26)19-5-1-14(13-24)11-18(19)23/h1,3-5,11-12,20-21,27H,2,6-10H2. The van der Waals surface area contributed by atoms with E-state index in [1.807, 2.05) is 17.0 Å². The lowest BCUT2D eigenvalue weighted by Gasteiger charge is -2.44. The molecule has 4 rings (SSSR count). The maximum atomic E-state index is 14.3. The van der Waals surface area contributed by atoms with Crippen LogP contribution in [0.1, 0.15) is 29.2 Å². The second kappa shape index (κ2) is 7.59. The fourth-order valence-corrected chi connectivity index (χ4v) is 4.67. The van der Waals surface area contributed by atoms with Crippen molar-refractivity contribution in [2.75, 3.05) is 31.1 Å². The number of benzene rings is 2. The summed E-state index contributed by atoms with van der Waals surface area (Å²) in [5.41, 5.74) is 3.38. The number of anilines is 1. The minimum atomic E-state index is -0.378. The number of nitrogens with zero attached hydrogens (tertiary/aromatic N) is 3. The molecular formula is C21H21BrFN3O. The van der Waals surface area contributed by atoms with Crippen LogP contribution in [0.2, 0.25) is 0 Å². The topological polar surface area (TPSA) is 50.5 Å². The maximum absolute atomic E-state index is 14.3. The Morgan fingerprint density at radius 2 is 1.89 bits per heavy atom. The molecule has 0 saturated carbocycles. The molecule has 140 valence electrons. The van der Waals surface area contributed by atoms with Gasteiger partial charge in [0, 0.05) is 30.7 Å². The first-order valence-electron chi connectivity index (χ1n) is 9.22. The molecule has 2 aliphatic rings. The van der Waals surface area contributed by atoms with Crippen LogP contribution in [0.15, 0.2) is 40.9 Å². The zero-order chi connectivity index (χ0) is 19.0. The van der Waals surface area contributed by atoms with Crippen molar-refractivity contribution >= 4 is 21.6 Å². The number of rotatable bonds is 2. The van der Waals surface area contributed by atoms with Crippen LogP contribution < -0.4 is 4.90 Å². The summed E-state index contributed by atoms with van der Waals surface area (Å²) in [6.07, 6.45) is 1.28. The van der Waals surface area contributed by atoms with Crippen LogP contribution in [-0.4, -0.2) is 42.3 Å². The molecule has 0 spiro atoms. The summed E-state index contributed by atoms with van der Waals surface area (Å²) >= 11 is 3.53. The van der Waals surface area contributed by atoms with E-state index in [9.17, 15) is 9.50 Å². The van der Waals surface area contributed by atoms with Gasteiger partial charge in [-0.1, -0.05) is 22.0 Å². The molecule has 1 aliphatic carbocycles. The molecule has 0 amide bonds. The van der Waals surface area contributed by atoms with Gasteiger partial charge in [0.05, 0.1) is 29.5 Å². The maximum Gasteiger partial charge on any atom is 0.147 e.